The first-order valence-corrected chi connectivity index (χ1v) is 14.8. The fourth-order valence-electron chi connectivity index (χ4n) is 6.51. The minimum Gasteiger partial charge on any atom is -0.309 e. The summed E-state index contributed by atoms with van der Waals surface area (Å²) >= 11 is 1.88. The topological polar surface area (TPSA) is 9.86 Å². The summed E-state index contributed by atoms with van der Waals surface area (Å²) in [6.45, 7) is 0. The Labute approximate surface area is 240 Å². The van der Waals surface area contributed by atoms with Gasteiger partial charge in [-0.1, -0.05) is 91.0 Å². The van der Waals surface area contributed by atoms with Crippen molar-refractivity contribution in [2.75, 3.05) is 0 Å². The smallest absolute Gasteiger partial charge is 0.109 e. The van der Waals surface area contributed by atoms with Gasteiger partial charge in [-0.15, -0.1) is 11.3 Å². The molecule has 3 aromatic heterocycles. The van der Waals surface area contributed by atoms with E-state index in [1.54, 1.807) is 0 Å². The summed E-state index contributed by atoms with van der Waals surface area (Å²) in [5.41, 5.74) is 8.56. The van der Waals surface area contributed by atoms with E-state index in [9.17, 15) is 0 Å². The van der Waals surface area contributed by atoms with Crippen molar-refractivity contribution in [2.24, 2.45) is 0 Å². The predicted octanol–water partition coefficient (Wildman–Crippen LogP) is 10.8. The van der Waals surface area contributed by atoms with E-state index in [0.717, 1.165) is 0 Å². The Morgan fingerprint density at radius 2 is 0.927 bits per heavy atom. The largest absolute Gasteiger partial charge is 0.309 e. The maximum Gasteiger partial charge on any atom is 0.109 e. The van der Waals surface area contributed by atoms with Crippen LogP contribution in [0.5, 0.6) is 0 Å². The van der Waals surface area contributed by atoms with Gasteiger partial charge >= 0.3 is 0 Å². The van der Waals surface area contributed by atoms with Crippen molar-refractivity contribution < 1.29 is 0 Å². The summed E-state index contributed by atoms with van der Waals surface area (Å²) in [5, 5.41) is 6.53. The van der Waals surface area contributed by atoms with Crippen molar-refractivity contribution >= 4 is 64.3 Å². The maximum atomic E-state index is 2.41. The van der Waals surface area contributed by atoms with Gasteiger partial charge < -0.3 is 9.13 Å². The highest BCUT2D eigenvalue weighted by Crippen LogP contribution is 2.43. The molecule has 0 bridgehead atoms. The summed E-state index contributed by atoms with van der Waals surface area (Å²) in [5.74, 6) is 0. The summed E-state index contributed by atoms with van der Waals surface area (Å²) in [6, 6.07) is 52.8. The second kappa shape index (κ2) is 8.69. The van der Waals surface area contributed by atoms with Crippen LogP contribution >= 0.6 is 11.3 Å². The van der Waals surface area contributed by atoms with Gasteiger partial charge in [0.2, 0.25) is 0 Å². The lowest BCUT2D eigenvalue weighted by Crippen LogP contribution is -1.93. The molecule has 9 rings (SSSR count). The summed E-state index contributed by atoms with van der Waals surface area (Å²) in [7, 11) is 0. The number of nitrogens with zero attached hydrogens (tertiary/aromatic N) is 2. The second-order valence-corrected chi connectivity index (χ2v) is 11.6. The molecule has 41 heavy (non-hydrogen) atoms. The lowest BCUT2D eigenvalue weighted by molar-refractivity contribution is 1.18. The Bertz CT molecular complexity index is 2350. The average Bonchev–Trinajstić information content (AvgIpc) is 3.68. The quantitative estimate of drug-likeness (QED) is 0.211. The van der Waals surface area contributed by atoms with Crippen LogP contribution in [0.4, 0.5) is 0 Å². The van der Waals surface area contributed by atoms with Gasteiger partial charge in [-0.2, -0.15) is 0 Å². The molecule has 0 amide bonds. The van der Waals surface area contributed by atoms with Crippen molar-refractivity contribution in [1.82, 2.24) is 9.13 Å². The third-order valence-corrected chi connectivity index (χ3v) is 9.50. The number of para-hydroxylation sites is 4. The zero-order valence-electron chi connectivity index (χ0n) is 22.2. The molecule has 0 aliphatic carbocycles. The van der Waals surface area contributed by atoms with Crippen LogP contribution in [0.1, 0.15) is 0 Å². The Morgan fingerprint density at radius 1 is 0.390 bits per heavy atom. The molecule has 0 N–H and O–H groups in total. The number of benzene rings is 6. The molecular formula is C38H24N2S. The molecule has 0 aliphatic rings. The lowest BCUT2D eigenvalue weighted by atomic mass is 10.0. The maximum absolute atomic E-state index is 2.41. The molecular weight excluding hydrogens is 516 g/mol. The molecule has 3 heterocycles. The molecule has 9 aromatic rings. The zero-order valence-corrected chi connectivity index (χ0v) is 23.0. The van der Waals surface area contributed by atoms with Crippen LogP contribution in [0.25, 0.3) is 75.5 Å². The van der Waals surface area contributed by atoms with Crippen LogP contribution in [-0.4, -0.2) is 9.13 Å². The third-order valence-electron chi connectivity index (χ3n) is 8.34. The Balaban J connectivity index is 1.21. The first-order valence-electron chi connectivity index (χ1n) is 14.0. The van der Waals surface area contributed by atoms with Crippen molar-refractivity contribution in [3.05, 3.63) is 146 Å². The van der Waals surface area contributed by atoms with Crippen LogP contribution in [0, 0.1) is 0 Å². The number of fused-ring (bicyclic) bond motifs is 8. The van der Waals surface area contributed by atoms with Crippen molar-refractivity contribution in [3.8, 4) is 22.5 Å². The van der Waals surface area contributed by atoms with Crippen LogP contribution in [0.3, 0.4) is 0 Å². The first kappa shape index (κ1) is 22.7. The molecule has 2 nitrogen and oxygen atoms in total. The molecule has 0 aliphatic heterocycles. The number of hydrogen-bond donors (Lipinski definition) is 0. The monoisotopic (exact) mass is 540 g/mol. The normalized spacial score (nSPS) is 11.9. The minimum atomic E-state index is 1.18. The molecule has 192 valence electrons. The molecule has 0 radical (unpaired) electrons. The van der Waals surface area contributed by atoms with Crippen LogP contribution in [0.2, 0.25) is 0 Å². The number of aromatic nitrogens is 2. The van der Waals surface area contributed by atoms with Gasteiger partial charge in [0.25, 0.3) is 0 Å². The van der Waals surface area contributed by atoms with E-state index < -0.39 is 0 Å². The summed E-state index contributed by atoms with van der Waals surface area (Å²) in [6.07, 6.45) is 0. The van der Waals surface area contributed by atoms with Gasteiger partial charge in [0.15, 0.2) is 0 Å². The predicted molar refractivity (Wildman–Crippen MR) is 176 cm³/mol. The average molecular weight is 541 g/mol. The van der Waals surface area contributed by atoms with Gasteiger partial charge in [-0.3, -0.25) is 0 Å². The highest BCUT2D eigenvalue weighted by Gasteiger charge is 2.18. The standard InChI is InChI=1S/C38H24N2S/c1-2-10-27(11-3-1)40-35-17-9-6-14-31(35)37-32-24-26(20-23-36(32)41-38(37)40)25-18-21-28(22-19-25)39-33-15-7-4-12-29(33)30-13-5-8-16-34(30)39/h1-24H. The Morgan fingerprint density at radius 3 is 1.61 bits per heavy atom. The van der Waals surface area contributed by atoms with E-state index in [4.69, 9.17) is 0 Å². The Kier molecular flexibility index (Phi) is 4.80. The second-order valence-electron chi connectivity index (χ2n) is 10.6. The van der Waals surface area contributed by atoms with Crippen LogP contribution in [-0.2, 0) is 0 Å². The Hall–Kier alpha value is -5.12. The van der Waals surface area contributed by atoms with Gasteiger partial charge in [0.05, 0.1) is 16.6 Å². The fraction of sp³-hybridized carbons (Fsp3) is 0. The summed E-state index contributed by atoms with van der Waals surface area (Å²) in [4.78, 5) is 1.30. The number of hydrogen-bond acceptors (Lipinski definition) is 1. The molecule has 0 spiro atoms. The zero-order chi connectivity index (χ0) is 26.9. The number of thiophene rings is 1. The lowest BCUT2D eigenvalue weighted by Gasteiger charge is -2.09. The first-order chi connectivity index (χ1) is 20.3. The fourth-order valence-corrected chi connectivity index (χ4v) is 7.74. The molecule has 3 heteroatoms. The van der Waals surface area contributed by atoms with Crippen LogP contribution < -0.4 is 0 Å². The van der Waals surface area contributed by atoms with Crippen molar-refractivity contribution in [3.63, 3.8) is 0 Å². The van der Waals surface area contributed by atoms with E-state index in [1.807, 2.05) is 11.3 Å². The van der Waals surface area contributed by atoms with Gasteiger partial charge in [-0.25, -0.2) is 0 Å². The van der Waals surface area contributed by atoms with Crippen molar-refractivity contribution in [2.45, 2.75) is 0 Å². The highest BCUT2D eigenvalue weighted by molar-refractivity contribution is 7.25. The molecule has 0 atom stereocenters. The molecule has 0 saturated heterocycles. The van der Waals surface area contributed by atoms with Gasteiger partial charge in [0, 0.05) is 43.0 Å². The van der Waals surface area contributed by atoms with Crippen molar-refractivity contribution in [1.29, 1.82) is 0 Å². The molecule has 0 unspecified atom stereocenters. The highest BCUT2D eigenvalue weighted by atomic mass is 32.1. The third kappa shape index (κ3) is 3.30. The molecule has 0 saturated carbocycles. The van der Waals surface area contributed by atoms with E-state index in [2.05, 4.69) is 155 Å². The van der Waals surface area contributed by atoms with E-state index >= 15 is 0 Å². The van der Waals surface area contributed by atoms with Crippen LogP contribution in [0.15, 0.2) is 146 Å². The SMILES string of the molecule is c1ccc(-n2c3ccccc3c3c4cc(-c5ccc(-n6c7ccccc7c7ccccc76)cc5)ccc4sc32)cc1. The summed E-state index contributed by atoms with van der Waals surface area (Å²) < 4.78 is 6.10. The van der Waals surface area contributed by atoms with Gasteiger partial charge in [-0.05, 0) is 65.7 Å². The minimum absolute atomic E-state index is 1.18. The molecule has 6 aromatic carbocycles. The van der Waals surface area contributed by atoms with Gasteiger partial charge in [0.1, 0.15) is 4.83 Å². The van der Waals surface area contributed by atoms with E-state index in [-0.39, 0.29) is 0 Å². The number of rotatable bonds is 3. The van der Waals surface area contributed by atoms with E-state index in [1.165, 1.54) is 75.5 Å². The van der Waals surface area contributed by atoms with E-state index in [0.29, 0.717) is 0 Å². The molecule has 0 fully saturated rings.